The Morgan fingerprint density at radius 1 is 1.20 bits per heavy atom. The van der Waals surface area contributed by atoms with Crippen LogP contribution in [0.1, 0.15) is 5.56 Å². The number of phenolic OH excluding ortho intramolecular Hbond substituents is 1. The van der Waals surface area contributed by atoms with Gasteiger partial charge in [0.25, 0.3) is 5.69 Å². The first kappa shape index (κ1) is 13.0. The SMILES string of the molecule is Cc1cc([N+](=O)[O-])cc([N+](=O)[O-])c1O.[Si]. The Balaban J connectivity index is 0.00000196. The number of aryl methyl sites for hydroxylation is 1. The number of nitro benzene ring substituents is 2. The van der Waals surface area contributed by atoms with Crippen molar-refractivity contribution in [3.8, 4) is 5.75 Å². The van der Waals surface area contributed by atoms with Gasteiger partial charge in [-0.2, -0.15) is 0 Å². The zero-order valence-electron chi connectivity index (χ0n) is 7.63. The Hall–Kier alpha value is -1.96. The molecular weight excluding hydrogens is 220 g/mol. The summed E-state index contributed by atoms with van der Waals surface area (Å²) in [6.07, 6.45) is 0. The van der Waals surface area contributed by atoms with Crippen LogP contribution in [-0.2, 0) is 0 Å². The number of aromatic hydroxyl groups is 1. The average molecular weight is 226 g/mol. The summed E-state index contributed by atoms with van der Waals surface area (Å²) in [5.41, 5.74) is -0.963. The minimum absolute atomic E-state index is 0. The van der Waals surface area contributed by atoms with Crippen molar-refractivity contribution in [2.24, 2.45) is 0 Å². The number of nitro groups is 2. The molecule has 1 aromatic carbocycles. The Bertz CT molecular complexity index is 420. The van der Waals surface area contributed by atoms with Gasteiger partial charge in [-0.05, 0) is 6.92 Å². The van der Waals surface area contributed by atoms with Crippen LogP contribution in [0.25, 0.3) is 0 Å². The van der Waals surface area contributed by atoms with E-state index in [2.05, 4.69) is 0 Å². The molecule has 8 heteroatoms. The largest absolute Gasteiger partial charge is 0.502 e. The molecule has 0 aliphatic carbocycles. The number of hydrogen-bond donors (Lipinski definition) is 1. The third-order valence-electron chi connectivity index (χ3n) is 1.67. The van der Waals surface area contributed by atoms with Gasteiger partial charge in [-0.3, -0.25) is 20.2 Å². The fourth-order valence-electron chi connectivity index (χ4n) is 0.987. The van der Waals surface area contributed by atoms with E-state index in [1.165, 1.54) is 6.92 Å². The van der Waals surface area contributed by atoms with Crippen molar-refractivity contribution < 1.29 is 15.0 Å². The van der Waals surface area contributed by atoms with Gasteiger partial charge >= 0.3 is 5.69 Å². The quantitative estimate of drug-likeness (QED) is 0.462. The third-order valence-corrected chi connectivity index (χ3v) is 1.67. The second kappa shape index (κ2) is 4.51. The summed E-state index contributed by atoms with van der Waals surface area (Å²) in [4.78, 5) is 19.1. The molecule has 0 spiro atoms. The van der Waals surface area contributed by atoms with Crippen LogP contribution in [0.2, 0.25) is 0 Å². The van der Waals surface area contributed by atoms with Crippen LogP contribution in [0.15, 0.2) is 12.1 Å². The number of phenols is 1. The lowest BCUT2D eigenvalue weighted by Gasteiger charge is -1.99. The summed E-state index contributed by atoms with van der Waals surface area (Å²) >= 11 is 0. The number of non-ortho nitro benzene ring substituents is 1. The van der Waals surface area contributed by atoms with E-state index in [1.807, 2.05) is 0 Å². The van der Waals surface area contributed by atoms with Crippen LogP contribution in [0.4, 0.5) is 11.4 Å². The molecule has 1 aromatic rings. The highest BCUT2D eigenvalue weighted by atomic mass is 28.1. The van der Waals surface area contributed by atoms with Crippen LogP contribution in [0.3, 0.4) is 0 Å². The molecule has 4 radical (unpaired) electrons. The summed E-state index contributed by atoms with van der Waals surface area (Å²) in [6, 6.07) is 1.80. The Labute approximate surface area is 88.7 Å². The van der Waals surface area contributed by atoms with E-state index in [4.69, 9.17) is 0 Å². The molecule has 0 fully saturated rings. The highest BCUT2D eigenvalue weighted by Gasteiger charge is 2.21. The fourth-order valence-corrected chi connectivity index (χ4v) is 0.987. The molecule has 0 heterocycles. The minimum Gasteiger partial charge on any atom is -0.502 e. The fraction of sp³-hybridized carbons (Fsp3) is 0.143. The summed E-state index contributed by atoms with van der Waals surface area (Å²) in [5, 5.41) is 29.9. The van der Waals surface area contributed by atoms with Gasteiger partial charge in [0, 0.05) is 22.6 Å². The molecule has 0 aliphatic heterocycles. The summed E-state index contributed by atoms with van der Waals surface area (Å²) in [7, 11) is 0. The van der Waals surface area contributed by atoms with E-state index in [0.717, 1.165) is 12.1 Å². The average Bonchev–Trinajstić information content (AvgIpc) is 2.08. The third kappa shape index (κ3) is 2.50. The van der Waals surface area contributed by atoms with E-state index in [-0.39, 0.29) is 16.5 Å². The van der Waals surface area contributed by atoms with Crippen LogP contribution in [0, 0.1) is 27.2 Å². The van der Waals surface area contributed by atoms with E-state index in [0.29, 0.717) is 0 Å². The smallest absolute Gasteiger partial charge is 0.317 e. The zero-order chi connectivity index (χ0) is 10.9. The van der Waals surface area contributed by atoms with Crippen molar-refractivity contribution in [2.75, 3.05) is 0 Å². The van der Waals surface area contributed by atoms with Gasteiger partial charge < -0.3 is 5.11 Å². The Kier molecular flexibility index (Phi) is 3.92. The van der Waals surface area contributed by atoms with Crippen molar-refractivity contribution in [3.63, 3.8) is 0 Å². The van der Waals surface area contributed by atoms with E-state index in [1.54, 1.807) is 0 Å². The van der Waals surface area contributed by atoms with E-state index in [9.17, 15) is 25.3 Å². The van der Waals surface area contributed by atoms with Crippen LogP contribution >= 0.6 is 0 Å². The number of benzene rings is 1. The lowest BCUT2D eigenvalue weighted by molar-refractivity contribution is -0.394. The second-order valence-electron chi connectivity index (χ2n) is 2.64. The van der Waals surface area contributed by atoms with Crippen molar-refractivity contribution in [1.29, 1.82) is 0 Å². The minimum atomic E-state index is -0.866. The molecule has 1 rings (SSSR count). The molecule has 1 N–H and O–H groups in total. The maximum atomic E-state index is 10.4. The standard InChI is InChI=1S/C7H6N2O5.Si/c1-4-2-5(8(11)12)3-6(7(4)10)9(13)14;/h2-3,10H,1H3;. The predicted molar refractivity (Wildman–Crippen MR) is 51.9 cm³/mol. The number of hydrogen-bond acceptors (Lipinski definition) is 5. The lowest BCUT2D eigenvalue weighted by Crippen LogP contribution is -1.94. The molecule has 0 aromatic heterocycles. The monoisotopic (exact) mass is 226 g/mol. The summed E-state index contributed by atoms with van der Waals surface area (Å²) < 4.78 is 0. The lowest BCUT2D eigenvalue weighted by atomic mass is 10.1. The molecular formula is C7H6N2O5Si. The van der Waals surface area contributed by atoms with Crippen molar-refractivity contribution in [2.45, 2.75) is 6.92 Å². The van der Waals surface area contributed by atoms with Gasteiger partial charge in [0.1, 0.15) is 0 Å². The van der Waals surface area contributed by atoms with Gasteiger partial charge in [-0.1, -0.05) is 0 Å². The Morgan fingerprint density at radius 2 is 1.73 bits per heavy atom. The van der Waals surface area contributed by atoms with Gasteiger partial charge in [0.15, 0.2) is 5.75 Å². The zero-order valence-corrected chi connectivity index (χ0v) is 8.63. The molecule has 0 bridgehead atoms. The maximum absolute atomic E-state index is 10.4. The first-order chi connectivity index (χ1) is 6.43. The normalized spacial score (nSPS) is 9.13. The number of rotatable bonds is 2. The van der Waals surface area contributed by atoms with Gasteiger partial charge in [0.05, 0.1) is 15.9 Å². The first-order valence-corrected chi connectivity index (χ1v) is 3.56. The van der Waals surface area contributed by atoms with E-state index >= 15 is 0 Å². The maximum Gasteiger partial charge on any atom is 0.317 e. The van der Waals surface area contributed by atoms with Crippen molar-refractivity contribution in [1.82, 2.24) is 0 Å². The molecule has 7 nitrogen and oxygen atoms in total. The molecule has 0 aliphatic rings. The Morgan fingerprint density at radius 3 is 2.13 bits per heavy atom. The molecule has 0 atom stereocenters. The highest BCUT2D eigenvalue weighted by Crippen LogP contribution is 2.33. The summed E-state index contributed by atoms with van der Waals surface area (Å²) in [5.74, 6) is -0.541. The van der Waals surface area contributed by atoms with Crippen LogP contribution in [-0.4, -0.2) is 25.9 Å². The topological polar surface area (TPSA) is 107 Å². The predicted octanol–water partition coefficient (Wildman–Crippen LogP) is 1.14. The second-order valence-corrected chi connectivity index (χ2v) is 2.64. The van der Waals surface area contributed by atoms with Crippen molar-refractivity contribution >= 4 is 22.3 Å². The number of nitrogens with zero attached hydrogens (tertiary/aromatic N) is 2. The van der Waals surface area contributed by atoms with Crippen molar-refractivity contribution in [3.05, 3.63) is 37.9 Å². The van der Waals surface area contributed by atoms with E-state index < -0.39 is 27.0 Å². The van der Waals surface area contributed by atoms with Gasteiger partial charge in [-0.15, -0.1) is 0 Å². The van der Waals surface area contributed by atoms with Crippen LogP contribution in [0.5, 0.6) is 5.75 Å². The van der Waals surface area contributed by atoms with Gasteiger partial charge in [-0.25, -0.2) is 0 Å². The summed E-state index contributed by atoms with van der Waals surface area (Å²) in [6.45, 7) is 1.36. The highest BCUT2D eigenvalue weighted by molar-refractivity contribution is 5.75. The first-order valence-electron chi connectivity index (χ1n) is 3.56. The molecule has 0 amide bonds. The van der Waals surface area contributed by atoms with Crippen LogP contribution < -0.4 is 0 Å². The molecule has 0 unspecified atom stereocenters. The molecule has 0 saturated carbocycles. The molecule has 0 saturated heterocycles. The molecule has 15 heavy (non-hydrogen) atoms. The van der Waals surface area contributed by atoms with Gasteiger partial charge in [0.2, 0.25) is 0 Å². The molecule has 78 valence electrons.